The molecule has 0 bridgehead atoms. The van der Waals surface area contributed by atoms with E-state index in [1.807, 2.05) is 30.6 Å². The Morgan fingerprint density at radius 2 is 2.10 bits per heavy atom. The molecule has 2 aromatic rings. The molecule has 0 radical (unpaired) electrons. The van der Waals surface area contributed by atoms with Gasteiger partial charge in [-0.3, -0.25) is 4.98 Å². The molecule has 1 N–H and O–H groups in total. The fraction of sp³-hybridized carbons (Fsp3) is 0.353. The van der Waals surface area contributed by atoms with E-state index in [9.17, 15) is 0 Å². The van der Waals surface area contributed by atoms with Crippen molar-refractivity contribution in [1.82, 2.24) is 10.3 Å². The molecule has 3 heteroatoms. The van der Waals surface area contributed by atoms with Crippen molar-refractivity contribution < 1.29 is 0 Å². The standard InChI is InChI=1S/C17H19ClN2/c1-12(14-5-3-7-19-11-14)20-17-9-15(10-17)13-4-2-6-16(18)8-13/h2-8,11-12,15,17,20H,9-10H2,1H3/t12-,15?,17?/m1/s1. The van der Waals surface area contributed by atoms with Gasteiger partial charge in [0.25, 0.3) is 0 Å². The highest BCUT2D eigenvalue weighted by atomic mass is 35.5. The quantitative estimate of drug-likeness (QED) is 0.905. The molecule has 3 rings (SSSR count). The summed E-state index contributed by atoms with van der Waals surface area (Å²) < 4.78 is 0. The SMILES string of the molecule is C[C@@H](NC1CC(c2cccc(Cl)c2)C1)c1cccnc1. The summed E-state index contributed by atoms with van der Waals surface area (Å²) in [5, 5.41) is 4.51. The maximum atomic E-state index is 6.05. The third-order valence-electron chi connectivity index (χ3n) is 4.13. The third kappa shape index (κ3) is 3.02. The Balaban J connectivity index is 1.54. The van der Waals surface area contributed by atoms with Gasteiger partial charge >= 0.3 is 0 Å². The van der Waals surface area contributed by atoms with Gasteiger partial charge in [0.05, 0.1) is 0 Å². The van der Waals surface area contributed by atoms with Crippen LogP contribution in [0, 0.1) is 0 Å². The van der Waals surface area contributed by atoms with Crippen molar-refractivity contribution in [2.24, 2.45) is 0 Å². The maximum absolute atomic E-state index is 6.05. The zero-order valence-electron chi connectivity index (χ0n) is 11.6. The Bertz CT molecular complexity index is 564. The summed E-state index contributed by atoms with van der Waals surface area (Å²) in [6.07, 6.45) is 6.12. The molecule has 1 atom stereocenters. The molecule has 1 heterocycles. The minimum absolute atomic E-state index is 0.356. The number of hydrogen-bond donors (Lipinski definition) is 1. The lowest BCUT2D eigenvalue weighted by Crippen LogP contribution is -2.41. The summed E-state index contributed by atoms with van der Waals surface area (Å²) in [6.45, 7) is 2.20. The van der Waals surface area contributed by atoms with Crippen molar-refractivity contribution >= 4 is 11.6 Å². The van der Waals surface area contributed by atoms with Crippen molar-refractivity contribution in [1.29, 1.82) is 0 Å². The molecule has 1 fully saturated rings. The third-order valence-corrected chi connectivity index (χ3v) is 4.36. The lowest BCUT2D eigenvalue weighted by atomic mass is 9.75. The van der Waals surface area contributed by atoms with Crippen LogP contribution in [0.4, 0.5) is 0 Å². The fourth-order valence-corrected chi connectivity index (χ4v) is 3.07. The Morgan fingerprint density at radius 3 is 2.80 bits per heavy atom. The van der Waals surface area contributed by atoms with Crippen LogP contribution in [0.1, 0.15) is 42.9 Å². The predicted octanol–water partition coefficient (Wildman–Crippen LogP) is 4.33. The second-order valence-corrected chi connectivity index (χ2v) is 6.03. The number of nitrogens with zero attached hydrogens (tertiary/aromatic N) is 1. The lowest BCUT2D eigenvalue weighted by molar-refractivity contribution is 0.271. The number of nitrogens with one attached hydrogen (secondary N) is 1. The number of benzene rings is 1. The number of hydrogen-bond acceptors (Lipinski definition) is 2. The first-order chi connectivity index (χ1) is 9.72. The highest BCUT2D eigenvalue weighted by Gasteiger charge is 2.31. The van der Waals surface area contributed by atoms with Gasteiger partial charge in [-0.05, 0) is 55.0 Å². The minimum atomic E-state index is 0.356. The zero-order valence-corrected chi connectivity index (χ0v) is 12.3. The van der Waals surface area contributed by atoms with Crippen LogP contribution in [0.25, 0.3) is 0 Å². The van der Waals surface area contributed by atoms with Gasteiger partial charge in [-0.1, -0.05) is 29.8 Å². The van der Waals surface area contributed by atoms with E-state index in [-0.39, 0.29) is 0 Å². The normalized spacial score (nSPS) is 23.1. The van der Waals surface area contributed by atoms with Crippen molar-refractivity contribution in [2.75, 3.05) is 0 Å². The molecule has 0 amide bonds. The van der Waals surface area contributed by atoms with E-state index in [0.29, 0.717) is 18.0 Å². The van der Waals surface area contributed by atoms with Crippen LogP contribution in [-0.4, -0.2) is 11.0 Å². The molecule has 1 aliphatic carbocycles. The van der Waals surface area contributed by atoms with Crippen molar-refractivity contribution in [3.05, 3.63) is 64.9 Å². The van der Waals surface area contributed by atoms with E-state index in [2.05, 4.69) is 35.4 Å². The van der Waals surface area contributed by atoms with Crippen LogP contribution < -0.4 is 5.32 Å². The van der Waals surface area contributed by atoms with Gasteiger partial charge in [0.1, 0.15) is 0 Å². The lowest BCUT2D eigenvalue weighted by Gasteiger charge is -2.38. The van der Waals surface area contributed by atoms with E-state index >= 15 is 0 Å². The van der Waals surface area contributed by atoms with Gasteiger partial charge in [0, 0.05) is 29.5 Å². The average Bonchev–Trinajstić information content (AvgIpc) is 2.43. The summed E-state index contributed by atoms with van der Waals surface area (Å²) in [5.41, 5.74) is 2.61. The number of aromatic nitrogens is 1. The van der Waals surface area contributed by atoms with Gasteiger partial charge < -0.3 is 5.32 Å². The monoisotopic (exact) mass is 286 g/mol. The van der Waals surface area contributed by atoms with Crippen LogP contribution in [0.15, 0.2) is 48.8 Å². The van der Waals surface area contributed by atoms with Crippen LogP contribution in [0.5, 0.6) is 0 Å². The molecule has 0 unspecified atom stereocenters. The molecule has 20 heavy (non-hydrogen) atoms. The Hall–Kier alpha value is -1.38. The Kier molecular flexibility index (Phi) is 4.04. The largest absolute Gasteiger partial charge is 0.307 e. The smallest absolute Gasteiger partial charge is 0.0408 e. The summed E-state index contributed by atoms with van der Waals surface area (Å²) in [6, 6.07) is 13.3. The highest BCUT2D eigenvalue weighted by molar-refractivity contribution is 6.30. The molecule has 0 saturated heterocycles. The molecule has 0 aliphatic heterocycles. The summed E-state index contributed by atoms with van der Waals surface area (Å²) in [5.74, 6) is 0.646. The Labute approximate surface area is 125 Å². The molecule has 1 aromatic heterocycles. The van der Waals surface area contributed by atoms with Crippen molar-refractivity contribution in [3.8, 4) is 0 Å². The fourth-order valence-electron chi connectivity index (χ4n) is 2.87. The molecule has 1 aliphatic rings. The number of halogens is 1. The van der Waals surface area contributed by atoms with E-state index in [0.717, 1.165) is 5.02 Å². The molecular weight excluding hydrogens is 268 g/mol. The molecule has 1 saturated carbocycles. The first kappa shape index (κ1) is 13.6. The number of rotatable bonds is 4. The van der Waals surface area contributed by atoms with Crippen LogP contribution in [0.2, 0.25) is 5.02 Å². The van der Waals surface area contributed by atoms with Gasteiger partial charge in [0.15, 0.2) is 0 Å². The van der Waals surface area contributed by atoms with Crippen molar-refractivity contribution in [3.63, 3.8) is 0 Å². The van der Waals surface area contributed by atoms with E-state index < -0.39 is 0 Å². The van der Waals surface area contributed by atoms with Gasteiger partial charge in [-0.25, -0.2) is 0 Å². The topological polar surface area (TPSA) is 24.9 Å². The highest BCUT2D eigenvalue weighted by Crippen LogP contribution is 2.38. The van der Waals surface area contributed by atoms with Crippen molar-refractivity contribution in [2.45, 2.75) is 37.8 Å². The molecule has 0 spiro atoms. The molecule has 1 aromatic carbocycles. The Morgan fingerprint density at radius 1 is 1.25 bits per heavy atom. The summed E-state index contributed by atoms with van der Waals surface area (Å²) in [7, 11) is 0. The second-order valence-electron chi connectivity index (χ2n) is 5.59. The summed E-state index contributed by atoms with van der Waals surface area (Å²) >= 11 is 6.05. The molecule has 104 valence electrons. The predicted molar refractivity (Wildman–Crippen MR) is 83.0 cm³/mol. The van der Waals surface area contributed by atoms with E-state index in [1.165, 1.54) is 24.0 Å². The van der Waals surface area contributed by atoms with E-state index in [1.54, 1.807) is 0 Å². The maximum Gasteiger partial charge on any atom is 0.0408 e. The first-order valence-electron chi connectivity index (χ1n) is 7.14. The van der Waals surface area contributed by atoms with Crippen LogP contribution in [-0.2, 0) is 0 Å². The average molecular weight is 287 g/mol. The van der Waals surface area contributed by atoms with Gasteiger partial charge in [0.2, 0.25) is 0 Å². The number of pyridine rings is 1. The second kappa shape index (κ2) is 5.94. The summed E-state index contributed by atoms with van der Waals surface area (Å²) in [4.78, 5) is 4.17. The first-order valence-corrected chi connectivity index (χ1v) is 7.51. The van der Waals surface area contributed by atoms with Crippen LogP contribution >= 0.6 is 11.6 Å². The van der Waals surface area contributed by atoms with E-state index in [4.69, 9.17) is 11.6 Å². The minimum Gasteiger partial charge on any atom is -0.307 e. The molecule has 2 nitrogen and oxygen atoms in total. The van der Waals surface area contributed by atoms with Gasteiger partial charge in [-0.15, -0.1) is 0 Å². The zero-order chi connectivity index (χ0) is 13.9. The van der Waals surface area contributed by atoms with Gasteiger partial charge in [-0.2, -0.15) is 0 Å². The van der Waals surface area contributed by atoms with Crippen LogP contribution in [0.3, 0.4) is 0 Å². The molecular formula is C17H19ClN2.